The molecule has 5 nitrogen and oxygen atoms in total. The van der Waals surface area contributed by atoms with Crippen molar-refractivity contribution in [1.82, 2.24) is 9.88 Å². The van der Waals surface area contributed by atoms with Crippen molar-refractivity contribution in [3.8, 4) is 0 Å². The summed E-state index contributed by atoms with van der Waals surface area (Å²) in [7, 11) is 0. The molecule has 1 fully saturated rings. The summed E-state index contributed by atoms with van der Waals surface area (Å²) in [6.07, 6.45) is 2.22. The predicted octanol–water partition coefficient (Wildman–Crippen LogP) is 2.33. The quantitative estimate of drug-likeness (QED) is 0.888. The molecule has 0 spiro atoms. The third-order valence-electron chi connectivity index (χ3n) is 3.35. The second-order valence-electron chi connectivity index (χ2n) is 4.71. The lowest BCUT2D eigenvalue weighted by atomic mass is 10.1. The second-order valence-corrected chi connectivity index (χ2v) is 5.12. The van der Waals surface area contributed by atoms with Crippen molar-refractivity contribution in [2.24, 2.45) is 0 Å². The highest BCUT2D eigenvalue weighted by molar-refractivity contribution is 6.33. The van der Waals surface area contributed by atoms with Gasteiger partial charge in [-0.15, -0.1) is 0 Å². The highest BCUT2D eigenvalue weighted by Gasteiger charge is 2.19. The summed E-state index contributed by atoms with van der Waals surface area (Å²) in [5.74, 6) is -0.530. The van der Waals surface area contributed by atoms with Crippen molar-refractivity contribution in [3.63, 3.8) is 0 Å². The molecular formula is C13H18ClN3O2. The van der Waals surface area contributed by atoms with Gasteiger partial charge in [0, 0.05) is 12.6 Å². The summed E-state index contributed by atoms with van der Waals surface area (Å²) in [6, 6.07) is 3.60. The minimum absolute atomic E-state index is 0.102. The van der Waals surface area contributed by atoms with Gasteiger partial charge in [-0.25, -0.2) is 9.78 Å². The molecular weight excluding hydrogens is 266 g/mol. The minimum atomic E-state index is -1.10. The van der Waals surface area contributed by atoms with Crippen LogP contribution in [0.5, 0.6) is 0 Å². The van der Waals surface area contributed by atoms with Crippen LogP contribution in [0.1, 0.15) is 30.3 Å². The Kier molecular flexibility index (Phi) is 4.61. The first-order valence-electron chi connectivity index (χ1n) is 6.49. The SMILES string of the molecule is CCN1CCCC(Nc2ccc(Cl)c(C(=O)O)n2)C1. The fourth-order valence-corrected chi connectivity index (χ4v) is 2.53. The molecule has 1 aromatic heterocycles. The summed E-state index contributed by atoms with van der Waals surface area (Å²) in [5, 5.41) is 12.4. The summed E-state index contributed by atoms with van der Waals surface area (Å²) in [6.45, 7) is 5.27. The normalized spacial score (nSPS) is 20.2. The molecule has 0 radical (unpaired) electrons. The van der Waals surface area contributed by atoms with Gasteiger partial charge in [0.05, 0.1) is 5.02 Å². The number of hydrogen-bond donors (Lipinski definition) is 2. The first kappa shape index (κ1) is 14.1. The number of aromatic carboxylic acids is 1. The topological polar surface area (TPSA) is 65.5 Å². The van der Waals surface area contributed by atoms with Crippen LogP contribution in [-0.4, -0.2) is 46.6 Å². The molecule has 1 aliphatic heterocycles. The molecule has 1 atom stereocenters. The molecule has 1 aliphatic rings. The Morgan fingerprint density at radius 3 is 3.11 bits per heavy atom. The molecule has 2 heterocycles. The van der Waals surface area contributed by atoms with Crippen LogP contribution in [0.4, 0.5) is 5.82 Å². The van der Waals surface area contributed by atoms with Gasteiger partial charge in [0.15, 0.2) is 5.69 Å². The average Bonchev–Trinajstić information content (AvgIpc) is 2.41. The fraction of sp³-hybridized carbons (Fsp3) is 0.538. The van der Waals surface area contributed by atoms with Gasteiger partial charge in [0.25, 0.3) is 0 Å². The highest BCUT2D eigenvalue weighted by atomic mass is 35.5. The van der Waals surface area contributed by atoms with Crippen LogP contribution in [-0.2, 0) is 0 Å². The van der Waals surface area contributed by atoms with Crippen LogP contribution in [0.15, 0.2) is 12.1 Å². The Hall–Kier alpha value is -1.33. The van der Waals surface area contributed by atoms with Gasteiger partial charge in [-0.2, -0.15) is 0 Å². The zero-order valence-electron chi connectivity index (χ0n) is 10.9. The number of carboxylic acid groups (broad SMARTS) is 1. The van der Waals surface area contributed by atoms with Crippen molar-refractivity contribution in [2.45, 2.75) is 25.8 Å². The number of carboxylic acids is 1. The summed E-state index contributed by atoms with van der Waals surface area (Å²) in [5.41, 5.74) is -0.102. The van der Waals surface area contributed by atoms with E-state index < -0.39 is 5.97 Å². The molecule has 1 unspecified atom stereocenters. The average molecular weight is 284 g/mol. The van der Waals surface area contributed by atoms with E-state index in [4.69, 9.17) is 16.7 Å². The lowest BCUT2D eigenvalue weighted by molar-refractivity contribution is 0.0691. The van der Waals surface area contributed by atoms with E-state index in [2.05, 4.69) is 22.1 Å². The number of piperidine rings is 1. The maximum atomic E-state index is 11.0. The zero-order valence-corrected chi connectivity index (χ0v) is 11.7. The first-order valence-corrected chi connectivity index (χ1v) is 6.86. The number of aromatic nitrogens is 1. The Labute approximate surface area is 117 Å². The van der Waals surface area contributed by atoms with Crippen LogP contribution in [0.25, 0.3) is 0 Å². The van der Waals surface area contributed by atoms with Crippen LogP contribution in [0.2, 0.25) is 5.02 Å². The predicted molar refractivity (Wildman–Crippen MR) is 75.0 cm³/mol. The van der Waals surface area contributed by atoms with Crippen LogP contribution < -0.4 is 5.32 Å². The molecule has 0 saturated carbocycles. The standard InChI is InChI=1S/C13H18ClN3O2/c1-2-17-7-3-4-9(8-17)15-11-6-5-10(14)12(16-11)13(18)19/h5-6,9H,2-4,7-8H2,1H3,(H,15,16)(H,18,19). The molecule has 0 aliphatic carbocycles. The van der Waals surface area contributed by atoms with E-state index in [1.165, 1.54) is 0 Å². The number of halogens is 1. The molecule has 104 valence electrons. The van der Waals surface area contributed by atoms with Crippen molar-refractivity contribution in [3.05, 3.63) is 22.8 Å². The van der Waals surface area contributed by atoms with Gasteiger partial charge in [0.2, 0.25) is 0 Å². The van der Waals surface area contributed by atoms with Gasteiger partial charge in [0.1, 0.15) is 5.82 Å². The number of anilines is 1. The largest absolute Gasteiger partial charge is 0.476 e. The van der Waals surface area contributed by atoms with Crippen molar-refractivity contribution >= 4 is 23.4 Å². The molecule has 6 heteroatoms. The van der Waals surface area contributed by atoms with E-state index in [9.17, 15) is 4.79 Å². The van der Waals surface area contributed by atoms with Crippen LogP contribution in [0, 0.1) is 0 Å². The Morgan fingerprint density at radius 2 is 2.42 bits per heavy atom. The van der Waals surface area contributed by atoms with Crippen molar-refractivity contribution in [1.29, 1.82) is 0 Å². The smallest absolute Gasteiger partial charge is 0.356 e. The van der Waals surface area contributed by atoms with E-state index >= 15 is 0 Å². The second kappa shape index (κ2) is 6.21. The number of likely N-dealkylation sites (tertiary alicyclic amines) is 1. The number of rotatable bonds is 4. The van der Waals surface area contributed by atoms with Crippen LogP contribution in [0.3, 0.4) is 0 Å². The fourth-order valence-electron chi connectivity index (χ4n) is 2.34. The van der Waals surface area contributed by atoms with E-state index in [1.54, 1.807) is 12.1 Å². The number of nitrogens with one attached hydrogen (secondary N) is 1. The van der Waals surface area contributed by atoms with E-state index in [0.717, 1.165) is 32.5 Å². The van der Waals surface area contributed by atoms with Gasteiger partial charge >= 0.3 is 5.97 Å². The molecule has 0 amide bonds. The Morgan fingerprint density at radius 1 is 1.63 bits per heavy atom. The number of likely N-dealkylation sites (N-methyl/N-ethyl adjacent to an activating group) is 1. The zero-order chi connectivity index (χ0) is 13.8. The lowest BCUT2D eigenvalue weighted by Crippen LogP contribution is -2.42. The van der Waals surface area contributed by atoms with Gasteiger partial charge in [-0.1, -0.05) is 18.5 Å². The monoisotopic (exact) mass is 283 g/mol. The molecule has 0 aromatic carbocycles. The lowest BCUT2D eigenvalue weighted by Gasteiger charge is -2.32. The van der Waals surface area contributed by atoms with Crippen molar-refractivity contribution < 1.29 is 9.90 Å². The number of nitrogens with zero attached hydrogens (tertiary/aromatic N) is 2. The molecule has 2 rings (SSSR count). The molecule has 2 N–H and O–H groups in total. The molecule has 1 aromatic rings. The maximum Gasteiger partial charge on any atom is 0.356 e. The van der Waals surface area contributed by atoms with Gasteiger partial charge in [-0.05, 0) is 38.1 Å². The maximum absolute atomic E-state index is 11.0. The van der Waals surface area contributed by atoms with E-state index in [-0.39, 0.29) is 10.7 Å². The number of pyridine rings is 1. The highest BCUT2D eigenvalue weighted by Crippen LogP contribution is 2.19. The van der Waals surface area contributed by atoms with Crippen molar-refractivity contribution in [2.75, 3.05) is 25.0 Å². The molecule has 19 heavy (non-hydrogen) atoms. The summed E-state index contributed by atoms with van der Waals surface area (Å²) in [4.78, 5) is 17.4. The third-order valence-corrected chi connectivity index (χ3v) is 3.66. The van der Waals surface area contributed by atoms with Crippen LogP contribution >= 0.6 is 11.6 Å². The Balaban J connectivity index is 2.06. The summed E-state index contributed by atoms with van der Waals surface area (Å²) >= 11 is 5.80. The summed E-state index contributed by atoms with van der Waals surface area (Å²) < 4.78 is 0. The van der Waals surface area contributed by atoms with E-state index in [1.807, 2.05) is 0 Å². The van der Waals surface area contributed by atoms with Gasteiger partial charge in [-0.3, -0.25) is 0 Å². The number of carbonyl (C=O) groups is 1. The molecule has 1 saturated heterocycles. The third kappa shape index (κ3) is 3.58. The van der Waals surface area contributed by atoms with Gasteiger partial charge < -0.3 is 15.3 Å². The first-order chi connectivity index (χ1) is 9.10. The Bertz CT molecular complexity index is 467. The van der Waals surface area contributed by atoms with E-state index in [0.29, 0.717) is 11.9 Å². The number of hydrogen-bond acceptors (Lipinski definition) is 4. The molecule has 0 bridgehead atoms. The minimum Gasteiger partial charge on any atom is -0.476 e.